The fourth-order valence-electron chi connectivity index (χ4n) is 3.05. The van der Waals surface area contributed by atoms with E-state index >= 15 is 0 Å². The highest BCUT2D eigenvalue weighted by atomic mass is 15.0. The SMILES string of the molecule is c1nc(CC2CNC2)[nH]c1C1CCCCCC1. The Morgan fingerprint density at radius 3 is 2.53 bits per heavy atom. The van der Waals surface area contributed by atoms with Gasteiger partial charge in [-0.3, -0.25) is 0 Å². The van der Waals surface area contributed by atoms with Gasteiger partial charge in [0.15, 0.2) is 0 Å². The zero-order valence-electron chi connectivity index (χ0n) is 10.5. The van der Waals surface area contributed by atoms with E-state index in [2.05, 4.69) is 21.5 Å². The minimum atomic E-state index is 0.748. The smallest absolute Gasteiger partial charge is 0.106 e. The van der Waals surface area contributed by atoms with Crippen molar-refractivity contribution in [3.05, 3.63) is 17.7 Å². The summed E-state index contributed by atoms with van der Waals surface area (Å²) in [4.78, 5) is 8.13. The van der Waals surface area contributed by atoms with Crippen LogP contribution in [0.5, 0.6) is 0 Å². The lowest BCUT2D eigenvalue weighted by Gasteiger charge is -2.26. The Labute approximate surface area is 103 Å². The molecule has 0 radical (unpaired) electrons. The van der Waals surface area contributed by atoms with Crippen molar-refractivity contribution in [1.29, 1.82) is 0 Å². The summed E-state index contributed by atoms with van der Waals surface area (Å²) in [6.45, 7) is 2.33. The van der Waals surface area contributed by atoms with Gasteiger partial charge in [0.05, 0.1) is 0 Å². The number of H-pyrrole nitrogens is 1. The second kappa shape index (κ2) is 5.21. The first kappa shape index (κ1) is 11.3. The minimum Gasteiger partial charge on any atom is -0.346 e. The lowest BCUT2D eigenvalue weighted by Crippen LogP contribution is -2.43. The maximum absolute atomic E-state index is 4.56. The first-order chi connectivity index (χ1) is 8.42. The zero-order valence-corrected chi connectivity index (χ0v) is 10.5. The van der Waals surface area contributed by atoms with Crippen LogP contribution in [-0.4, -0.2) is 23.1 Å². The van der Waals surface area contributed by atoms with Gasteiger partial charge in [-0.2, -0.15) is 0 Å². The molecule has 0 unspecified atom stereocenters. The molecule has 2 aliphatic rings. The van der Waals surface area contributed by atoms with Crippen molar-refractivity contribution in [3.63, 3.8) is 0 Å². The van der Waals surface area contributed by atoms with E-state index < -0.39 is 0 Å². The first-order valence-corrected chi connectivity index (χ1v) is 7.16. The molecular formula is C14H23N3. The lowest BCUT2D eigenvalue weighted by molar-refractivity contribution is 0.341. The number of hydrogen-bond donors (Lipinski definition) is 2. The van der Waals surface area contributed by atoms with E-state index in [1.54, 1.807) is 0 Å². The maximum Gasteiger partial charge on any atom is 0.106 e. The van der Waals surface area contributed by atoms with Crippen molar-refractivity contribution in [2.45, 2.75) is 50.9 Å². The molecule has 1 aromatic rings. The molecule has 3 heteroatoms. The third-order valence-corrected chi connectivity index (χ3v) is 4.29. The third-order valence-electron chi connectivity index (χ3n) is 4.29. The van der Waals surface area contributed by atoms with E-state index in [4.69, 9.17) is 0 Å². The number of aromatic nitrogens is 2. The van der Waals surface area contributed by atoms with Gasteiger partial charge < -0.3 is 10.3 Å². The van der Waals surface area contributed by atoms with E-state index in [1.807, 2.05) is 0 Å². The van der Waals surface area contributed by atoms with Crippen LogP contribution in [0.1, 0.15) is 56.0 Å². The largest absolute Gasteiger partial charge is 0.346 e. The van der Waals surface area contributed by atoms with Gasteiger partial charge in [0, 0.05) is 24.2 Å². The molecule has 2 fully saturated rings. The fraction of sp³-hybridized carbons (Fsp3) is 0.786. The Hall–Kier alpha value is -0.830. The molecule has 1 aliphatic heterocycles. The summed E-state index contributed by atoms with van der Waals surface area (Å²) in [5, 5.41) is 3.32. The molecule has 0 bridgehead atoms. The van der Waals surface area contributed by atoms with Gasteiger partial charge in [0.1, 0.15) is 5.82 Å². The van der Waals surface area contributed by atoms with Crippen LogP contribution in [0.25, 0.3) is 0 Å². The summed E-state index contributed by atoms with van der Waals surface area (Å²) < 4.78 is 0. The highest BCUT2D eigenvalue weighted by molar-refractivity contribution is 5.09. The number of hydrogen-bond acceptors (Lipinski definition) is 2. The number of nitrogens with one attached hydrogen (secondary N) is 2. The molecule has 1 aliphatic carbocycles. The van der Waals surface area contributed by atoms with Crippen LogP contribution >= 0.6 is 0 Å². The molecule has 17 heavy (non-hydrogen) atoms. The van der Waals surface area contributed by atoms with Gasteiger partial charge in [0.2, 0.25) is 0 Å². The van der Waals surface area contributed by atoms with Gasteiger partial charge in [-0.25, -0.2) is 4.98 Å². The Kier molecular flexibility index (Phi) is 3.46. The molecule has 1 saturated heterocycles. The van der Waals surface area contributed by atoms with Crippen molar-refractivity contribution >= 4 is 0 Å². The fourth-order valence-corrected chi connectivity index (χ4v) is 3.05. The van der Waals surface area contributed by atoms with Crippen molar-refractivity contribution in [1.82, 2.24) is 15.3 Å². The number of aromatic amines is 1. The van der Waals surface area contributed by atoms with Crippen LogP contribution in [0.2, 0.25) is 0 Å². The number of nitrogens with zero attached hydrogens (tertiary/aromatic N) is 1. The number of rotatable bonds is 3. The van der Waals surface area contributed by atoms with Crippen LogP contribution in [0.4, 0.5) is 0 Å². The van der Waals surface area contributed by atoms with E-state index in [0.29, 0.717) is 0 Å². The lowest BCUT2D eigenvalue weighted by atomic mass is 9.97. The van der Waals surface area contributed by atoms with E-state index in [0.717, 1.165) is 18.3 Å². The maximum atomic E-state index is 4.56. The topological polar surface area (TPSA) is 40.7 Å². The summed E-state index contributed by atoms with van der Waals surface area (Å²) in [5.74, 6) is 2.76. The highest BCUT2D eigenvalue weighted by Crippen LogP contribution is 2.30. The summed E-state index contributed by atoms with van der Waals surface area (Å²) in [6, 6.07) is 0. The number of imidazole rings is 1. The molecule has 0 atom stereocenters. The molecule has 3 nitrogen and oxygen atoms in total. The van der Waals surface area contributed by atoms with Crippen LogP contribution in [0, 0.1) is 5.92 Å². The molecule has 1 saturated carbocycles. The third kappa shape index (κ3) is 2.71. The molecule has 0 aromatic carbocycles. The normalized spacial score (nSPS) is 23.3. The summed E-state index contributed by atoms with van der Waals surface area (Å²) >= 11 is 0. The van der Waals surface area contributed by atoms with Crippen LogP contribution in [0.3, 0.4) is 0 Å². The van der Waals surface area contributed by atoms with Gasteiger partial charge in [-0.05, 0) is 31.8 Å². The van der Waals surface area contributed by atoms with Crippen molar-refractivity contribution < 1.29 is 0 Å². The van der Waals surface area contributed by atoms with Crippen LogP contribution in [-0.2, 0) is 6.42 Å². The zero-order chi connectivity index (χ0) is 11.5. The molecule has 0 amide bonds. The molecular weight excluding hydrogens is 210 g/mol. The predicted octanol–water partition coefficient (Wildman–Crippen LogP) is 2.61. The van der Waals surface area contributed by atoms with Crippen LogP contribution in [0.15, 0.2) is 6.20 Å². The highest BCUT2D eigenvalue weighted by Gasteiger charge is 2.20. The Balaban J connectivity index is 1.61. The Morgan fingerprint density at radius 2 is 1.88 bits per heavy atom. The Bertz CT molecular complexity index is 346. The summed E-state index contributed by atoms with van der Waals surface area (Å²) in [5.41, 5.74) is 1.40. The average molecular weight is 233 g/mol. The summed E-state index contributed by atoms with van der Waals surface area (Å²) in [6.07, 6.45) is 11.6. The first-order valence-electron chi connectivity index (χ1n) is 7.16. The van der Waals surface area contributed by atoms with Gasteiger partial charge in [-0.15, -0.1) is 0 Å². The predicted molar refractivity (Wildman–Crippen MR) is 69.1 cm³/mol. The quantitative estimate of drug-likeness (QED) is 0.788. The average Bonchev–Trinajstić information content (AvgIpc) is 2.57. The monoisotopic (exact) mass is 233 g/mol. The standard InChI is InChI=1S/C14H23N3/c1-2-4-6-12(5-3-1)13-10-16-14(17-13)7-11-8-15-9-11/h10-12,15H,1-9H2,(H,16,17). The molecule has 0 spiro atoms. The molecule has 3 rings (SSSR count). The van der Waals surface area contributed by atoms with Crippen molar-refractivity contribution in [2.75, 3.05) is 13.1 Å². The van der Waals surface area contributed by atoms with Gasteiger partial charge in [-0.1, -0.05) is 25.7 Å². The van der Waals surface area contributed by atoms with Crippen molar-refractivity contribution in [2.24, 2.45) is 5.92 Å². The van der Waals surface area contributed by atoms with E-state index in [-0.39, 0.29) is 0 Å². The molecule has 94 valence electrons. The van der Waals surface area contributed by atoms with Gasteiger partial charge >= 0.3 is 0 Å². The molecule has 2 N–H and O–H groups in total. The van der Waals surface area contributed by atoms with E-state index in [9.17, 15) is 0 Å². The van der Waals surface area contributed by atoms with Crippen LogP contribution < -0.4 is 5.32 Å². The summed E-state index contributed by atoms with van der Waals surface area (Å²) in [7, 11) is 0. The van der Waals surface area contributed by atoms with E-state index in [1.165, 1.54) is 63.1 Å². The Morgan fingerprint density at radius 1 is 1.12 bits per heavy atom. The minimum absolute atomic E-state index is 0.748. The molecule has 2 heterocycles. The molecule has 1 aromatic heterocycles. The second-order valence-corrected chi connectivity index (χ2v) is 5.70. The second-order valence-electron chi connectivity index (χ2n) is 5.70. The van der Waals surface area contributed by atoms with Gasteiger partial charge in [0.25, 0.3) is 0 Å². The van der Waals surface area contributed by atoms with Crippen molar-refractivity contribution in [3.8, 4) is 0 Å².